The maximum absolute atomic E-state index is 11.7. The van der Waals surface area contributed by atoms with Crippen LogP contribution in [0.2, 0.25) is 0 Å². The van der Waals surface area contributed by atoms with Crippen molar-refractivity contribution >= 4 is 11.6 Å². The topological polar surface area (TPSA) is 55.1 Å². The Kier molecular flexibility index (Phi) is 2.72. The van der Waals surface area contributed by atoms with E-state index in [1.54, 1.807) is 0 Å². The zero-order chi connectivity index (χ0) is 11.5. The molecule has 1 heterocycles. The lowest BCUT2D eigenvalue weighted by atomic mass is 10.1. The number of rotatable bonds is 2. The molecule has 16 heavy (non-hydrogen) atoms. The zero-order valence-electron chi connectivity index (χ0n) is 9.15. The molecule has 0 aliphatic rings. The Morgan fingerprint density at radius 2 is 2.00 bits per heavy atom. The van der Waals surface area contributed by atoms with Crippen molar-refractivity contribution in [1.29, 1.82) is 0 Å². The van der Waals surface area contributed by atoms with Crippen LogP contribution in [-0.2, 0) is 0 Å². The maximum atomic E-state index is 11.7. The first-order valence-corrected chi connectivity index (χ1v) is 4.94. The van der Waals surface area contributed by atoms with Gasteiger partial charge in [0.05, 0.1) is 0 Å². The van der Waals surface area contributed by atoms with E-state index in [0.717, 1.165) is 16.8 Å². The van der Waals surface area contributed by atoms with E-state index in [1.807, 2.05) is 32.0 Å². The normalized spacial score (nSPS) is 10.1. The molecular formula is C12H12N2O2. The van der Waals surface area contributed by atoms with Gasteiger partial charge in [0.15, 0.2) is 12.1 Å². The van der Waals surface area contributed by atoms with E-state index >= 15 is 0 Å². The van der Waals surface area contributed by atoms with Crippen LogP contribution in [0.15, 0.2) is 35.3 Å². The highest BCUT2D eigenvalue weighted by Crippen LogP contribution is 2.19. The van der Waals surface area contributed by atoms with E-state index in [0.29, 0.717) is 0 Å². The van der Waals surface area contributed by atoms with Crippen molar-refractivity contribution in [3.05, 3.63) is 47.7 Å². The van der Waals surface area contributed by atoms with E-state index in [1.165, 1.54) is 12.7 Å². The van der Waals surface area contributed by atoms with Crippen molar-refractivity contribution in [3.63, 3.8) is 0 Å². The Morgan fingerprint density at radius 1 is 1.31 bits per heavy atom. The second-order valence-electron chi connectivity index (χ2n) is 3.59. The number of carbonyl (C=O) groups excluding carboxylic acids is 1. The molecule has 1 aromatic heterocycles. The predicted octanol–water partition coefficient (Wildman–Crippen LogP) is 2.54. The average molecular weight is 216 g/mol. The van der Waals surface area contributed by atoms with Crippen LogP contribution in [0, 0.1) is 13.8 Å². The third-order valence-electron chi connectivity index (χ3n) is 2.38. The summed E-state index contributed by atoms with van der Waals surface area (Å²) in [6.07, 6.45) is 2.56. The Balaban J connectivity index is 2.25. The molecule has 0 aliphatic carbocycles. The summed E-state index contributed by atoms with van der Waals surface area (Å²) in [5.74, 6) is -0.258. The molecule has 2 aromatic rings. The minimum atomic E-state index is -0.258. The minimum Gasteiger partial charge on any atom is -0.451 e. The number of oxazole rings is 1. The fourth-order valence-corrected chi connectivity index (χ4v) is 1.51. The first-order valence-electron chi connectivity index (χ1n) is 4.94. The maximum Gasteiger partial charge on any atom is 0.277 e. The Labute approximate surface area is 93.3 Å². The summed E-state index contributed by atoms with van der Waals surface area (Å²) in [6.45, 7) is 3.90. The molecule has 0 unspecified atom stereocenters. The molecule has 1 amide bonds. The first-order chi connectivity index (χ1) is 7.68. The number of carbonyl (C=O) groups is 1. The van der Waals surface area contributed by atoms with Gasteiger partial charge in [0.25, 0.3) is 5.91 Å². The van der Waals surface area contributed by atoms with Crippen molar-refractivity contribution in [2.75, 3.05) is 5.32 Å². The summed E-state index contributed by atoms with van der Waals surface area (Å²) in [7, 11) is 0. The molecule has 0 fully saturated rings. The number of amides is 1. The predicted molar refractivity (Wildman–Crippen MR) is 60.4 cm³/mol. The van der Waals surface area contributed by atoms with E-state index in [9.17, 15) is 4.79 Å². The first kappa shape index (κ1) is 10.4. The lowest BCUT2D eigenvalue weighted by Gasteiger charge is -2.09. The molecule has 0 saturated carbocycles. The van der Waals surface area contributed by atoms with E-state index < -0.39 is 0 Å². The van der Waals surface area contributed by atoms with Crippen molar-refractivity contribution in [1.82, 2.24) is 4.98 Å². The largest absolute Gasteiger partial charge is 0.451 e. The zero-order valence-corrected chi connectivity index (χ0v) is 9.15. The Morgan fingerprint density at radius 3 is 2.56 bits per heavy atom. The SMILES string of the molecule is Cc1cccc(C)c1NC(=O)c1cocn1. The standard InChI is InChI=1S/C12H12N2O2/c1-8-4-3-5-9(2)11(8)14-12(15)10-6-16-7-13-10/h3-7H,1-2H3,(H,14,15). The number of nitrogens with zero attached hydrogens (tertiary/aromatic N) is 1. The van der Waals surface area contributed by atoms with E-state index in [-0.39, 0.29) is 11.6 Å². The molecule has 0 radical (unpaired) electrons. The third kappa shape index (κ3) is 1.95. The summed E-state index contributed by atoms with van der Waals surface area (Å²) in [4.78, 5) is 15.5. The molecule has 1 N–H and O–H groups in total. The number of hydrogen-bond acceptors (Lipinski definition) is 3. The monoisotopic (exact) mass is 216 g/mol. The molecule has 4 nitrogen and oxygen atoms in total. The van der Waals surface area contributed by atoms with Gasteiger partial charge < -0.3 is 9.73 Å². The summed E-state index contributed by atoms with van der Waals surface area (Å²) in [6, 6.07) is 5.85. The molecular weight excluding hydrogens is 204 g/mol. The molecule has 0 bridgehead atoms. The average Bonchev–Trinajstić information content (AvgIpc) is 2.76. The quantitative estimate of drug-likeness (QED) is 0.839. The summed E-state index contributed by atoms with van der Waals surface area (Å²) < 4.78 is 4.76. The van der Waals surface area contributed by atoms with Gasteiger partial charge in [-0.25, -0.2) is 4.98 Å². The van der Waals surface area contributed by atoms with Gasteiger partial charge in [-0.15, -0.1) is 0 Å². The molecule has 2 rings (SSSR count). The van der Waals surface area contributed by atoms with Gasteiger partial charge in [-0.05, 0) is 25.0 Å². The smallest absolute Gasteiger partial charge is 0.277 e. The molecule has 1 aromatic carbocycles. The van der Waals surface area contributed by atoms with Gasteiger partial charge in [-0.2, -0.15) is 0 Å². The van der Waals surface area contributed by atoms with Crippen LogP contribution in [-0.4, -0.2) is 10.9 Å². The molecule has 0 saturated heterocycles. The highest BCUT2D eigenvalue weighted by Gasteiger charge is 2.11. The number of para-hydroxylation sites is 1. The summed E-state index contributed by atoms with van der Waals surface area (Å²) >= 11 is 0. The highest BCUT2D eigenvalue weighted by molar-refractivity contribution is 6.03. The minimum absolute atomic E-state index is 0.258. The number of aromatic nitrogens is 1. The van der Waals surface area contributed by atoms with Crippen LogP contribution >= 0.6 is 0 Å². The van der Waals surface area contributed by atoms with Crippen LogP contribution in [0.5, 0.6) is 0 Å². The second kappa shape index (κ2) is 4.18. The van der Waals surface area contributed by atoms with Gasteiger partial charge in [0.2, 0.25) is 0 Å². The third-order valence-corrected chi connectivity index (χ3v) is 2.38. The van der Waals surface area contributed by atoms with Crippen LogP contribution < -0.4 is 5.32 Å². The summed E-state index contributed by atoms with van der Waals surface area (Å²) in [5, 5.41) is 2.82. The molecule has 0 spiro atoms. The molecule has 0 aliphatic heterocycles. The number of nitrogens with one attached hydrogen (secondary N) is 1. The van der Waals surface area contributed by atoms with Crippen LogP contribution in [0.4, 0.5) is 5.69 Å². The molecule has 82 valence electrons. The van der Waals surface area contributed by atoms with E-state index in [4.69, 9.17) is 4.42 Å². The van der Waals surface area contributed by atoms with Gasteiger partial charge in [0, 0.05) is 5.69 Å². The molecule has 0 atom stereocenters. The number of anilines is 1. The van der Waals surface area contributed by atoms with Gasteiger partial charge in [0.1, 0.15) is 6.26 Å². The van der Waals surface area contributed by atoms with Crippen LogP contribution in [0.1, 0.15) is 21.6 Å². The van der Waals surface area contributed by atoms with Gasteiger partial charge in [-0.1, -0.05) is 18.2 Å². The Hall–Kier alpha value is -2.10. The summed E-state index contributed by atoms with van der Waals surface area (Å²) in [5.41, 5.74) is 3.16. The Bertz CT molecular complexity index is 483. The van der Waals surface area contributed by atoms with Crippen molar-refractivity contribution < 1.29 is 9.21 Å². The second-order valence-corrected chi connectivity index (χ2v) is 3.59. The van der Waals surface area contributed by atoms with Gasteiger partial charge >= 0.3 is 0 Å². The van der Waals surface area contributed by atoms with Crippen molar-refractivity contribution in [2.45, 2.75) is 13.8 Å². The fraction of sp³-hybridized carbons (Fsp3) is 0.167. The van der Waals surface area contributed by atoms with Crippen LogP contribution in [0.25, 0.3) is 0 Å². The van der Waals surface area contributed by atoms with Gasteiger partial charge in [-0.3, -0.25) is 4.79 Å². The molecule has 4 heteroatoms. The number of benzene rings is 1. The van der Waals surface area contributed by atoms with Crippen LogP contribution in [0.3, 0.4) is 0 Å². The lowest BCUT2D eigenvalue weighted by Crippen LogP contribution is -2.13. The van der Waals surface area contributed by atoms with Crippen molar-refractivity contribution in [3.8, 4) is 0 Å². The lowest BCUT2D eigenvalue weighted by molar-refractivity contribution is 0.102. The number of aryl methyl sites for hydroxylation is 2. The fourth-order valence-electron chi connectivity index (χ4n) is 1.51. The van der Waals surface area contributed by atoms with Crippen molar-refractivity contribution in [2.24, 2.45) is 0 Å². The van der Waals surface area contributed by atoms with E-state index in [2.05, 4.69) is 10.3 Å². The highest BCUT2D eigenvalue weighted by atomic mass is 16.3. The number of hydrogen-bond donors (Lipinski definition) is 1.